The van der Waals surface area contributed by atoms with Crippen molar-refractivity contribution in [1.29, 1.82) is 0 Å². The van der Waals surface area contributed by atoms with E-state index in [0.29, 0.717) is 43.2 Å². The van der Waals surface area contributed by atoms with Gasteiger partial charge in [-0.25, -0.2) is 9.97 Å². The van der Waals surface area contributed by atoms with Crippen molar-refractivity contribution in [3.05, 3.63) is 29.3 Å². The van der Waals surface area contributed by atoms with Crippen LogP contribution in [0.25, 0.3) is 0 Å². The summed E-state index contributed by atoms with van der Waals surface area (Å²) in [4.78, 5) is 13.4. The molecule has 1 aliphatic heterocycles. The van der Waals surface area contributed by atoms with Gasteiger partial charge in [-0.1, -0.05) is 5.16 Å². The Kier molecular flexibility index (Phi) is 6.00. The summed E-state index contributed by atoms with van der Waals surface area (Å²) < 4.78 is 15.8. The van der Waals surface area contributed by atoms with Crippen LogP contribution >= 0.6 is 11.8 Å². The van der Waals surface area contributed by atoms with Crippen LogP contribution in [-0.4, -0.2) is 46.7 Å². The Hall–Kier alpha value is -1.71. The minimum atomic E-state index is 0.306. The van der Waals surface area contributed by atoms with Gasteiger partial charge in [0.05, 0.1) is 24.6 Å². The molecule has 0 aromatic carbocycles. The van der Waals surface area contributed by atoms with E-state index >= 15 is 0 Å². The number of anilines is 1. The van der Waals surface area contributed by atoms with Crippen LogP contribution in [0.4, 0.5) is 5.82 Å². The molecular formula is C15H21N5O3S. The summed E-state index contributed by atoms with van der Waals surface area (Å²) in [7, 11) is 1.63. The third kappa shape index (κ3) is 4.43. The number of ether oxygens (including phenoxy) is 2. The number of rotatable bonds is 8. The van der Waals surface area contributed by atoms with Crippen molar-refractivity contribution in [3.8, 4) is 0 Å². The highest BCUT2D eigenvalue weighted by Gasteiger charge is 2.21. The molecule has 0 saturated carbocycles. The molecule has 8 nitrogen and oxygen atoms in total. The van der Waals surface area contributed by atoms with Gasteiger partial charge in [-0.15, -0.1) is 0 Å². The van der Waals surface area contributed by atoms with E-state index < -0.39 is 0 Å². The van der Waals surface area contributed by atoms with Crippen LogP contribution in [0.3, 0.4) is 0 Å². The Morgan fingerprint density at radius 1 is 1.33 bits per heavy atom. The Morgan fingerprint density at radius 3 is 3.00 bits per heavy atom. The molecule has 1 saturated heterocycles. The van der Waals surface area contributed by atoms with E-state index in [4.69, 9.17) is 14.0 Å². The lowest BCUT2D eigenvalue weighted by atomic mass is 10.0. The molecule has 24 heavy (non-hydrogen) atoms. The van der Waals surface area contributed by atoms with Gasteiger partial charge in [-0.2, -0.15) is 16.7 Å². The minimum Gasteiger partial charge on any atom is -0.381 e. The molecule has 130 valence electrons. The molecule has 1 atom stereocenters. The zero-order chi connectivity index (χ0) is 16.8. The van der Waals surface area contributed by atoms with Gasteiger partial charge < -0.3 is 19.3 Å². The molecule has 0 spiro atoms. The summed E-state index contributed by atoms with van der Waals surface area (Å²) in [5, 5.41) is 7.16. The quantitative estimate of drug-likeness (QED) is 0.766. The molecule has 2 aromatic heterocycles. The van der Waals surface area contributed by atoms with Crippen molar-refractivity contribution in [1.82, 2.24) is 20.1 Å². The van der Waals surface area contributed by atoms with Crippen LogP contribution in [0.2, 0.25) is 0 Å². The van der Waals surface area contributed by atoms with E-state index in [0.717, 1.165) is 30.3 Å². The molecule has 0 aliphatic carbocycles. The summed E-state index contributed by atoms with van der Waals surface area (Å²) in [5.41, 5.74) is 0.977. The normalized spacial score (nSPS) is 17.3. The smallest absolute Gasteiger partial charge is 0.246 e. The molecule has 3 rings (SSSR count). The number of thioether (sulfide) groups is 1. The highest BCUT2D eigenvalue weighted by molar-refractivity contribution is 7.97. The maximum absolute atomic E-state index is 5.46. The minimum absolute atomic E-state index is 0.306. The van der Waals surface area contributed by atoms with Crippen LogP contribution in [0, 0.1) is 0 Å². The maximum Gasteiger partial charge on any atom is 0.246 e. The first-order valence-electron chi connectivity index (χ1n) is 7.77. The number of aromatic nitrogens is 4. The average molecular weight is 351 g/mol. The largest absolute Gasteiger partial charge is 0.381 e. The highest BCUT2D eigenvalue weighted by Crippen LogP contribution is 2.25. The van der Waals surface area contributed by atoms with E-state index in [-0.39, 0.29) is 0 Å². The Bertz CT molecular complexity index is 660. The number of hydrogen-bond donors (Lipinski definition) is 1. The predicted octanol–water partition coefficient (Wildman–Crippen LogP) is 1.98. The monoisotopic (exact) mass is 351 g/mol. The highest BCUT2D eigenvalue weighted by atomic mass is 32.2. The second-order valence-electron chi connectivity index (χ2n) is 5.48. The first kappa shape index (κ1) is 17.1. The fourth-order valence-electron chi connectivity index (χ4n) is 2.49. The van der Waals surface area contributed by atoms with Gasteiger partial charge >= 0.3 is 0 Å². The molecule has 1 fully saturated rings. The summed E-state index contributed by atoms with van der Waals surface area (Å²) >= 11 is 1.65. The van der Waals surface area contributed by atoms with Gasteiger partial charge in [-0.3, -0.25) is 0 Å². The van der Waals surface area contributed by atoms with Crippen LogP contribution in [0.15, 0.2) is 10.6 Å². The third-order valence-corrected chi connectivity index (χ3v) is 4.16. The molecule has 0 unspecified atom stereocenters. The number of hydrogen-bond acceptors (Lipinski definition) is 9. The Balaban J connectivity index is 1.70. The van der Waals surface area contributed by atoms with Gasteiger partial charge in [0, 0.05) is 25.7 Å². The number of nitrogens with one attached hydrogen (secondary N) is 1. The van der Waals surface area contributed by atoms with Crippen molar-refractivity contribution in [2.45, 2.75) is 31.2 Å². The van der Waals surface area contributed by atoms with Crippen molar-refractivity contribution >= 4 is 17.6 Å². The maximum atomic E-state index is 5.46. The predicted molar refractivity (Wildman–Crippen MR) is 89.8 cm³/mol. The van der Waals surface area contributed by atoms with Gasteiger partial charge in [0.2, 0.25) is 5.89 Å². The Labute approximate surface area is 144 Å². The van der Waals surface area contributed by atoms with Crippen LogP contribution < -0.4 is 5.32 Å². The molecule has 0 bridgehead atoms. The zero-order valence-corrected chi connectivity index (χ0v) is 14.6. The van der Waals surface area contributed by atoms with Crippen LogP contribution in [0.1, 0.15) is 35.6 Å². The first-order valence-corrected chi connectivity index (χ1v) is 9.16. The van der Waals surface area contributed by atoms with E-state index in [1.54, 1.807) is 18.9 Å². The molecule has 2 aromatic rings. The van der Waals surface area contributed by atoms with Gasteiger partial charge in [-0.05, 0) is 12.7 Å². The number of nitrogens with zero attached hydrogens (tertiary/aromatic N) is 4. The number of methoxy groups -OCH3 is 1. The molecule has 3 heterocycles. The lowest BCUT2D eigenvalue weighted by molar-refractivity contribution is 0.177. The van der Waals surface area contributed by atoms with E-state index in [1.807, 2.05) is 12.3 Å². The van der Waals surface area contributed by atoms with Crippen molar-refractivity contribution in [3.63, 3.8) is 0 Å². The molecule has 0 amide bonds. The second kappa shape index (κ2) is 8.41. The summed E-state index contributed by atoms with van der Waals surface area (Å²) in [6, 6.07) is 1.96. The standard InChI is InChI=1S/C15H21N5O3S/c1-21-8-13-17-11(10-3-4-22-7-10)5-12(18-13)16-6-15-19-14(9-24-2)20-23-15/h5,10H,3-4,6-9H2,1-2H3,(H,16,17,18)/t10-/m0/s1. The van der Waals surface area contributed by atoms with Crippen molar-refractivity contribution in [2.24, 2.45) is 0 Å². The fraction of sp³-hybridized carbons (Fsp3) is 0.600. The SMILES string of the molecule is COCc1nc(NCc2nc(CSC)no2)cc([C@H]2CCOC2)n1. The fourth-order valence-corrected chi connectivity index (χ4v) is 2.87. The lowest BCUT2D eigenvalue weighted by Gasteiger charge is -2.12. The topological polar surface area (TPSA) is 95.2 Å². The molecule has 9 heteroatoms. The second-order valence-corrected chi connectivity index (χ2v) is 6.34. The molecule has 1 aliphatic rings. The average Bonchev–Trinajstić information content (AvgIpc) is 3.25. The Morgan fingerprint density at radius 2 is 2.25 bits per heavy atom. The summed E-state index contributed by atoms with van der Waals surface area (Å²) in [6.45, 7) is 2.27. The first-order chi connectivity index (χ1) is 11.8. The molecular weight excluding hydrogens is 330 g/mol. The van der Waals surface area contributed by atoms with Crippen LogP contribution in [0.5, 0.6) is 0 Å². The van der Waals surface area contributed by atoms with Gasteiger partial charge in [0.1, 0.15) is 12.4 Å². The lowest BCUT2D eigenvalue weighted by Crippen LogP contribution is -2.10. The summed E-state index contributed by atoms with van der Waals surface area (Å²) in [6.07, 6.45) is 2.98. The molecule has 1 N–H and O–H groups in total. The van der Waals surface area contributed by atoms with Gasteiger partial charge in [0.25, 0.3) is 0 Å². The van der Waals surface area contributed by atoms with Crippen LogP contribution in [-0.2, 0) is 28.4 Å². The van der Waals surface area contributed by atoms with Gasteiger partial charge in [0.15, 0.2) is 11.6 Å². The third-order valence-electron chi connectivity index (χ3n) is 3.62. The van der Waals surface area contributed by atoms with E-state index in [9.17, 15) is 0 Å². The van der Waals surface area contributed by atoms with E-state index in [1.165, 1.54) is 0 Å². The molecule has 0 radical (unpaired) electrons. The zero-order valence-electron chi connectivity index (χ0n) is 13.8. The summed E-state index contributed by atoms with van der Waals surface area (Å²) in [5.74, 6) is 3.66. The van der Waals surface area contributed by atoms with Crippen molar-refractivity contribution < 1.29 is 14.0 Å². The van der Waals surface area contributed by atoms with E-state index in [2.05, 4.69) is 25.4 Å². The van der Waals surface area contributed by atoms with Crippen molar-refractivity contribution in [2.75, 3.05) is 31.9 Å².